The molecule has 0 saturated carbocycles. The van der Waals surface area contributed by atoms with E-state index in [1.807, 2.05) is 0 Å². The zero-order valence-electron chi connectivity index (χ0n) is 9.57. The molecule has 1 aromatic heterocycles. The molecule has 1 rings (SSSR count). The predicted octanol–water partition coefficient (Wildman–Crippen LogP) is 2.43. The number of nitrogens with one attached hydrogen (secondary N) is 1. The molecular weight excluding hydrogens is 206 g/mol. The summed E-state index contributed by atoms with van der Waals surface area (Å²) in [5.41, 5.74) is 1.40. The van der Waals surface area contributed by atoms with Crippen LogP contribution in [0.15, 0.2) is 16.8 Å². The summed E-state index contributed by atoms with van der Waals surface area (Å²) in [5, 5.41) is 16.8. The van der Waals surface area contributed by atoms with E-state index in [9.17, 15) is 0 Å². The fraction of sp³-hybridized carbons (Fsp3) is 0.667. The van der Waals surface area contributed by atoms with E-state index < -0.39 is 0 Å². The number of hydrogen-bond acceptors (Lipinski definition) is 3. The maximum absolute atomic E-state index is 8.90. The summed E-state index contributed by atoms with van der Waals surface area (Å²) in [4.78, 5) is 0. The van der Waals surface area contributed by atoms with Gasteiger partial charge in [0.15, 0.2) is 0 Å². The monoisotopic (exact) mass is 227 g/mol. The lowest BCUT2D eigenvalue weighted by atomic mass is 10.1. The molecule has 0 spiro atoms. The van der Waals surface area contributed by atoms with Gasteiger partial charge in [-0.25, -0.2) is 0 Å². The van der Waals surface area contributed by atoms with Gasteiger partial charge in [-0.05, 0) is 48.6 Å². The number of hydrogen-bond donors (Lipinski definition) is 2. The summed E-state index contributed by atoms with van der Waals surface area (Å²) in [6.07, 6.45) is 3.00. The van der Waals surface area contributed by atoms with Crippen LogP contribution in [0.1, 0.15) is 32.3 Å². The minimum absolute atomic E-state index is 0.274. The van der Waals surface area contributed by atoms with Crippen LogP contribution in [0, 0.1) is 0 Å². The molecule has 1 heterocycles. The summed E-state index contributed by atoms with van der Waals surface area (Å²) in [6.45, 7) is 4.64. The van der Waals surface area contributed by atoms with Crippen molar-refractivity contribution in [2.45, 2.75) is 45.2 Å². The van der Waals surface area contributed by atoms with Crippen molar-refractivity contribution in [3.05, 3.63) is 22.4 Å². The molecule has 0 fully saturated rings. The molecule has 0 aromatic carbocycles. The fourth-order valence-corrected chi connectivity index (χ4v) is 2.47. The van der Waals surface area contributed by atoms with Crippen LogP contribution in [0.2, 0.25) is 0 Å². The Balaban J connectivity index is 2.30. The largest absolute Gasteiger partial charge is 0.396 e. The molecule has 86 valence electrons. The van der Waals surface area contributed by atoms with Gasteiger partial charge in [-0.15, -0.1) is 0 Å². The summed E-state index contributed by atoms with van der Waals surface area (Å²) in [7, 11) is 0. The van der Waals surface area contributed by atoms with Crippen LogP contribution in [0.5, 0.6) is 0 Å². The van der Waals surface area contributed by atoms with Gasteiger partial charge in [-0.3, -0.25) is 0 Å². The van der Waals surface area contributed by atoms with E-state index >= 15 is 0 Å². The van der Waals surface area contributed by atoms with Crippen molar-refractivity contribution in [2.24, 2.45) is 0 Å². The first kappa shape index (κ1) is 12.7. The minimum Gasteiger partial charge on any atom is -0.396 e. The van der Waals surface area contributed by atoms with Crippen molar-refractivity contribution in [1.82, 2.24) is 5.32 Å². The Morgan fingerprint density at radius 3 is 2.87 bits per heavy atom. The van der Waals surface area contributed by atoms with E-state index in [-0.39, 0.29) is 6.61 Å². The van der Waals surface area contributed by atoms with Crippen LogP contribution in [0.25, 0.3) is 0 Å². The third kappa shape index (κ3) is 4.78. The third-order valence-electron chi connectivity index (χ3n) is 2.61. The number of rotatable bonds is 7. The maximum Gasteiger partial charge on any atom is 0.0445 e. The molecule has 0 aliphatic carbocycles. The molecule has 2 N–H and O–H groups in total. The zero-order valence-corrected chi connectivity index (χ0v) is 10.4. The molecule has 2 unspecified atom stereocenters. The first-order chi connectivity index (χ1) is 7.26. The molecule has 0 saturated heterocycles. The maximum atomic E-state index is 8.90. The number of aliphatic hydroxyl groups excluding tert-OH is 1. The van der Waals surface area contributed by atoms with Gasteiger partial charge < -0.3 is 10.4 Å². The van der Waals surface area contributed by atoms with Crippen molar-refractivity contribution in [1.29, 1.82) is 0 Å². The first-order valence-corrected chi connectivity index (χ1v) is 6.58. The Morgan fingerprint density at radius 2 is 2.33 bits per heavy atom. The van der Waals surface area contributed by atoms with Crippen molar-refractivity contribution in [3.8, 4) is 0 Å². The number of aliphatic hydroxyl groups is 1. The lowest BCUT2D eigenvalue weighted by Crippen LogP contribution is -2.37. The average Bonchev–Trinajstić information content (AvgIpc) is 2.69. The third-order valence-corrected chi connectivity index (χ3v) is 3.34. The van der Waals surface area contributed by atoms with E-state index in [2.05, 4.69) is 36.0 Å². The van der Waals surface area contributed by atoms with Gasteiger partial charge in [0.1, 0.15) is 0 Å². The SMILES string of the molecule is CCC(CCO)NC(C)Cc1ccsc1. The van der Waals surface area contributed by atoms with E-state index in [1.165, 1.54) is 5.56 Å². The van der Waals surface area contributed by atoms with E-state index in [0.717, 1.165) is 19.3 Å². The van der Waals surface area contributed by atoms with Crippen LogP contribution >= 0.6 is 11.3 Å². The molecule has 0 aliphatic rings. The standard InChI is InChI=1S/C12H21NOS/c1-3-12(4-6-14)13-10(2)8-11-5-7-15-9-11/h5,7,9-10,12-14H,3-4,6,8H2,1-2H3. The minimum atomic E-state index is 0.274. The molecule has 2 nitrogen and oxygen atoms in total. The molecule has 0 amide bonds. The van der Waals surface area contributed by atoms with E-state index in [1.54, 1.807) is 11.3 Å². The molecular formula is C12H21NOS. The predicted molar refractivity (Wildman–Crippen MR) is 66.4 cm³/mol. The normalized spacial score (nSPS) is 15.1. The molecule has 1 aromatic rings. The lowest BCUT2D eigenvalue weighted by Gasteiger charge is -2.21. The zero-order chi connectivity index (χ0) is 11.1. The van der Waals surface area contributed by atoms with Crippen LogP contribution in [-0.2, 0) is 6.42 Å². The molecule has 0 aliphatic heterocycles. The van der Waals surface area contributed by atoms with Crippen LogP contribution in [0.4, 0.5) is 0 Å². The highest BCUT2D eigenvalue weighted by Gasteiger charge is 2.10. The lowest BCUT2D eigenvalue weighted by molar-refractivity contribution is 0.256. The van der Waals surface area contributed by atoms with Gasteiger partial charge in [0.05, 0.1) is 0 Å². The van der Waals surface area contributed by atoms with Gasteiger partial charge in [-0.2, -0.15) is 11.3 Å². The molecule has 3 heteroatoms. The van der Waals surface area contributed by atoms with Gasteiger partial charge in [-0.1, -0.05) is 6.92 Å². The van der Waals surface area contributed by atoms with Crippen molar-refractivity contribution in [2.75, 3.05) is 6.61 Å². The van der Waals surface area contributed by atoms with Crippen molar-refractivity contribution < 1.29 is 5.11 Å². The highest BCUT2D eigenvalue weighted by molar-refractivity contribution is 7.07. The second kappa shape index (κ2) is 6.99. The molecule has 0 radical (unpaired) electrons. The Bertz CT molecular complexity index is 248. The van der Waals surface area contributed by atoms with Gasteiger partial charge in [0.2, 0.25) is 0 Å². The van der Waals surface area contributed by atoms with E-state index in [0.29, 0.717) is 12.1 Å². The average molecular weight is 227 g/mol. The fourth-order valence-electron chi connectivity index (χ4n) is 1.78. The molecule has 0 bridgehead atoms. The first-order valence-electron chi connectivity index (χ1n) is 5.64. The summed E-state index contributed by atoms with van der Waals surface area (Å²) in [5.74, 6) is 0. The van der Waals surface area contributed by atoms with E-state index in [4.69, 9.17) is 5.11 Å². The van der Waals surface area contributed by atoms with Crippen LogP contribution in [-0.4, -0.2) is 23.8 Å². The topological polar surface area (TPSA) is 32.3 Å². The summed E-state index contributed by atoms with van der Waals surface area (Å²) < 4.78 is 0. The Morgan fingerprint density at radius 1 is 1.53 bits per heavy atom. The van der Waals surface area contributed by atoms with Gasteiger partial charge in [0, 0.05) is 18.7 Å². The molecule has 2 atom stereocenters. The number of thiophene rings is 1. The highest BCUT2D eigenvalue weighted by atomic mass is 32.1. The van der Waals surface area contributed by atoms with Gasteiger partial charge in [0.25, 0.3) is 0 Å². The highest BCUT2D eigenvalue weighted by Crippen LogP contribution is 2.09. The Kier molecular flexibility index (Phi) is 5.91. The second-order valence-corrected chi connectivity index (χ2v) is 4.80. The Hall–Kier alpha value is -0.380. The van der Waals surface area contributed by atoms with Crippen LogP contribution in [0.3, 0.4) is 0 Å². The van der Waals surface area contributed by atoms with Gasteiger partial charge >= 0.3 is 0 Å². The van der Waals surface area contributed by atoms with Crippen molar-refractivity contribution in [3.63, 3.8) is 0 Å². The quantitative estimate of drug-likeness (QED) is 0.750. The Labute approximate surface area is 96.3 Å². The van der Waals surface area contributed by atoms with Crippen molar-refractivity contribution >= 4 is 11.3 Å². The second-order valence-electron chi connectivity index (χ2n) is 4.02. The van der Waals surface area contributed by atoms with Crippen LogP contribution < -0.4 is 5.32 Å². The summed E-state index contributed by atoms with van der Waals surface area (Å²) >= 11 is 1.75. The smallest absolute Gasteiger partial charge is 0.0445 e. The summed E-state index contributed by atoms with van der Waals surface area (Å²) in [6, 6.07) is 3.11. The molecule has 15 heavy (non-hydrogen) atoms.